The first-order valence-electron chi connectivity index (χ1n) is 7.09. The Morgan fingerprint density at radius 3 is 2.67 bits per heavy atom. The summed E-state index contributed by atoms with van der Waals surface area (Å²) in [5.41, 5.74) is 0. The van der Waals surface area contributed by atoms with Crippen molar-refractivity contribution in [1.82, 2.24) is 14.5 Å². The van der Waals surface area contributed by atoms with Gasteiger partial charge in [-0.15, -0.1) is 0 Å². The van der Waals surface area contributed by atoms with E-state index in [4.69, 9.17) is 4.74 Å². The van der Waals surface area contributed by atoms with Crippen molar-refractivity contribution in [3.63, 3.8) is 0 Å². The number of morpholine rings is 1. The first-order valence-corrected chi connectivity index (χ1v) is 7.09. The van der Waals surface area contributed by atoms with Gasteiger partial charge in [0.2, 0.25) is 0 Å². The Kier molecular flexibility index (Phi) is 4.92. The lowest BCUT2D eigenvalue weighted by Crippen LogP contribution is -2.48. The zero-order chi connectivity index (χ0) is 15.6. The topological polar surface area (TPSA) is 93.7 Å². The van der Waals surface area contributed by atoms with Crippen LogP contribution in [0, 0.1) is 17.0 Å². The fourth-order valence-electron chi connectivity index (χ4n) is 2.83. The van der Waals surface area contributed by atoms with Crippen LogP contribution in [-0.4, -0.2) is 62.4 Å². The Hall–Kier alpha value is -1.51. The number of nitro groups is 1. The monoisotopic (exact) mass is 298 g/mol. The minimum atomic E-state index is -0.686. The molecule has 21 heavy (non-hydrogen) atoms. The van der Waals surface area contributed by atoms with Crippen molar-refractivity contribution >= 4 is 5.82 Å². The molecule has 0 aromatic carbocycles. The van der Waals surface area contributed by atoms with Gasteiger partial charge >= 0.3 is 5.82 Å². The molecule has 118 valence electrons. The van der Waals surface area contributed by atoms with Crippen LogP contribution < -0.4 is 0 Å². The number of aliphatic hydroxyl groups excluding tert-OH is 1. The van der Waals surface area contributed by atoms with Gasteiger partial charge in [0.1, 0.15) is 18.8 Å². The van der Waals surface area contributed by atoms with Gasteiger partial charge in [0.25, 0.3) is 0 Å². The lowest BCUT2D eigenvalue weighted by molar-refractivity contribution is -0.392. The highest BCUT2D eigenvalue weighted by molar-refractivity contribution is 5.18. The fraction of sp³-hybridized carbons (Fsp3) is 0.769. The van der Waals surface area contributed by atoms with Crippen LogP contribution in [0.3, 0.4) is 0 Å². The van der Waals surface area contributed by atoms with Gasteiger partial charge < -0.3 is 20.0 Å². The van der Waals surface area contributed by atoms with E-state index in [2.05, 4.69) is 9.88 Å². The average molecular weight is 298 g/mol. The minimum absolute atomic E-state index is 0.0877. The molecule has 1 aromatic rings. The van der Waals surface area contributed by atoms with Gasteiger partial charge in [-0.3, -0.25) is 4.90 Å². The second-order valence-corrected chi connectivity index (χ2v) is 5.66. The molecule has 1 aliphatic rings. The molecule has 8 heteroatoms. The summed E-state index contributed by atoms with van der Waals surface area (Å²) in [6.07, 6.45) is 0.797. The van der Waals surface area contributed by atoms with E-state index < -0.39 is 11.0 Å². The first-order chi connectivity index (χ1) is 9.86. The number of imidazole rings is 1. The van der Waals surface area contributed by atoms with E-state index in [1.54, 1.807) is 6.92 Å². The van der Waals surface area contributed by atoms with E-state index in [-0.39, 0.29) is 24.6 Å². The number of hydrogen-bond acceptors (Lipinski definition) is 6. The Morgan fingerprint density at radius 2 is 2.10 bits per heavy atom. The van der Waals surface area contributed by atoms with Gasteiger partial charge in [-0.2, -0.15) is 0 Å². The molecule has 0 saturated carbocycles. The van der Waals surface area contributed by atoms with Gasteiger partial charge in [-0.25, -0.2) is 9.55 Å². The number of aryl methyl sites for hydroxylation is 1. The number of ether oxygens (including phenoxy) is 1. The molecule has 0 bridgehead atoms. The normalized spacial score (nSPS) is 25.0. The van der Waals surface area contributed by atoms with E-state index in [0.29, 0.717) is 12.4 Å². The molecular weight excluding hydrogens is 276 g/mol. The van der Waals surface area contributed by atoms with E-state index in [1.165, 1.54) is 10.8 Å². The van der Waals surface area contributed by atoms with Gasteiger partial charge in [0, 0.05) is 26.6 Å². The third kappa shape index (κ3) is 3.99. The molecule has 1 fully saturated rings. The Balaban J connectivity index is 1.97. The maximum Gasteiger partial charge on any atom is 0.342 e. The van der Waals surface area contributed by atoms with Crippen molar-refractivity contribution < 1.29 is 14.8 Å². The van der Waals surface area contributed by atoms with Crippen molar-refractivity contribution in [2.45, 2.75) is 45.6 Å². The lowest BCUT2D eigenvalue weighted by Gasteiger charge is -2.36. The van der Waals surface area contributed by atoms with Gasteiger partial charge in [-0.1, -0.05) is 0 Å². The number of hydrogen-bond donors (Lipinski definition) is 1. The van der Waals surface area contributed by atoms with E-state index in [0.717, 1.165) is 13.1 Å². The van der Waals surface area contributed by atoms with Gasteiger partial charge in [0.05, 0.1) is 12.2 Å². The van der Waals surface area contributed by atoms with E-state index in [1.807, 2.05) is 13.8 Å². The summed E-state index contributed by atoms with van der Waals surface area (Å²) in [4.78, 5) is 16.5. The summed E-state index contributed by atoms with van der Waals surface area (Å²) >= 11 is 0. The molecule has 1 aromatic heterocycles. The zero-order valence-corrected chi connectivity index (χ0v) is 12.6. The maximum absolute atomic E-state index is 10.9. The predicted octanol–water partition coefficient (Wildman–Crippen LogP) is 0.570. The van der Waals surface area contributed by atoms with Crippen LogP contribution in [0.4, 0.5) is 5.82 Å². The molecule has 2 heterocycles. The highest BCUT2D eigenvalue weighted by atomic mass is 16.6. The van der Waals surface area contributed by atoms with Crippen LogP contribution >= 0.6 is 0 Å². The number of nitrogens with zero attached hydrogens (tertiary/aromatic N) is 4. The molecule has 1 saturated heterocycles. The van der Waals surface area contributed by atoms with Gasteiger partial charge in [-0.05, 0) is 18.8 Å². The largest absolute Gasteiger partial charge is 0.388 e. The Bertz CT molecular complexity index is 494. The molecule has 1 aliphatic heterocycles. The molecule has 8 nitrogen and oxygen atoms in total. The standard InChI is InChI=1S/C13H22N4O4/c1-9-5-15(6-10(2)21-9)7-12(18)8-16-11(3)14-4-13(16)17(19)20/h4,9-10,12,18H,5-8H2,1-3H3. The predicted molar refractivity (Wildman–Crippen MR) is 76.1 cm³/mol. The number of rotatable bonds is 5. The molecule has 3 atom stereocenters. The third-order valence-corrected chi connectivity index (χ3v) is 3.58. The van der Waals surface area contributed by atoms with Crippen LogP contribution in [0.15, 0.2) is 6.20 Å². The Labute approximate surface area is 123 Å². The smallest absolute Gasteiger partial charge is 0.342 e. The van der Waals surface area contributed by atoms with E-state index >= 15 is 0 Å². The average Bonchev–Trinajstić information content (AvgIpc) is 2.69. The number of aromatic nitrogens is 2. The van der Waals surface area contributed by atoms with Crippen molar-refractivity contribution in [3.05, 3.63) is 22.1 Å². The highest BCUT2D eigenvalue weighted by Gasteiger charge is 2.26. The van der Waals surface area contributed by atoms with E-state index in [9.17, 15) is 15.2 Å². The van der Waals surface area contributed by atoms with Crippen LogP contribution in [0.2, 0.25) is 0 Å². The maximum atomic E-state index is 10.9. The molecule has 0 aliphatic carbocycles. The van der Waals surface area contributed by atoms with Crippen LogP contribution in [0.5, 0.6) is 0 Å². The quantitative estimate of drug-likeness (QED) is 0.631. The molecular formula is C13H22N4O4. The molecule has 1 N–H and O–H groups in total. The Morgan fingerprint density at radius 1 is 1.48 bits per heavy atom. The number of aliphatic hydroxyl groups is 1. The molecule has 2 rings (SSSR count). The molecule has 0 amide bonds. The summed E-state index contributed by atoms with van der Waals surface area (Å²) in [5.74, 6) is 0.444. The lowest BCUT2D eigenvalue weighted by atomic mass is 10.2. The van der Waals surface area contributed by atoms with Crippen LogP contribution in [0.1, 0.15) is 19.7 Å². The van der Waals surface area contributed by atoms with Crippen molar-refractivity contribution in [2.24, 2.45) is 0 Å². The number of β-amino-alcohol motifs (C(OH)–C–C–N with tert-alkyl or cyclic N) is 1. The first kappa shape index (κ1) is 15.9. The SMILES string of the molecule is Cc1ncc([N+](=O)[O-])n1CC(O)CN1CC(C)OC(C)C1. The minimum Gasteiger partial charge on any atom is -0.388 e. The van der Waals surface area contributed by atoms with Crippen molar-refractivity contribution in [1.29, 1.82) is 0 Å². The van der Waals surface area contributed by atoms with Crippen LogP contribution in [0.25, 0.3) is 0 Å². The van der Waals surface area contributed by atoms with Gasteiger partial charge in [0.15, 0.2) is 5.82 Å². The zero-order valence-electron chi connectivity index (χ0n) is 12.6. The summed E-state index contributed by atoms with van der Waals surface area (Å²) in [5, 5.41) is 21.2. The summed E-state index contributed by atoms with van der Waals surface area (Å²) in [6.45, 7) is 7.84. The highest BCUT2D eigenvalue weighted by Crippen LogP contribution is 2.16. The summed E-state index contributed by atoms with van der Waals surface area (Å²) < 4.78 is 7.09. The van der Waals surface area contributed by atoms with Crippen molar-refractivity contribution in [2.75, 3.05) is 19.6 Å². The molecule has 0 radical (unpaired) electrons. The molecule has 0 spiro atoms. The fourth-order valence-corrected chi connectivity index (χ4v) is 2.83. The van der Waals surface area contributed by atoms with Crippen molar-refractivity contribution in [3.8, 4) is 0 Å². The summed E-state index contributed by atoms with van der Waals surface area (Å²) in [6, 6.07) is 0. The van der Waals surface area contributed by atoms with Crippen LogP contribution in [-0.2, 0) is 11.3 Å². The second kappa shape index (κ2) is 6.50. The summed E-state index contributed by atoms with van der Waals surface area (Å²) in [7, 11) is 0. The second-order valence-electron chi connectivity index (χ2n) is 5.66. The molecule has 3 unspecified atom stereocenters. The third-order valence-electron chi connectivity index (χ3n) is 3.58.